The van der Waals surface area contributed by atoms with Gasteiger partial charge in [0.2, 0.25) is 0 Å². The van der Waals surface area contributed by atoms with Gasteiger partial charge < -0.3 is 5.32 Å². The summed E-state index contributed by atoms with van der Waals surface area (Å²) in [5, 5.41) is 14.7. The number of hydrogen-bond acceptors (Lipinski definition) is 4. The molecule has 0 bridgehead atoms. The van der Waals surface area contributed by atoms with Crippen LogP contribution in [0.2, 0.25) is 0 Å². The molecule has 0 radical (unpaired) electrons. The highest BCUT2D eigenvalue weighted by molar-refractivity contribution is 5.22. The Bertz CT molecular complexity index is 540. The van der Waals surface area contributed by atoms with Crippen LogP contribution in [0.3, 0.4) is 0 Å². The molecule has 0 aliphatic carbocycles. The van der Waals surface area contributed by atoms with Crippen molar-refractivity contribution >= 4 is 0 Å². The van der Waals surface area contributed by atoms with E-state index in [2.05, 4.69) is 20.7 Å². The van der Waals surface area contributed by atoms with E-state index in [9.17, 15) is 8.78 Å². The Labute approximate surface area is 103 Å². The van der Waals surface area contributed by atoms with Crippen molar-refractivity contribution < 1.29 is 8.78 Å². The SMILES string of the molecule is CNC(Cc1nnn(C)n1)c1ccc(F)c(F)c1. The van der Waals surface area contributed by atoms with E-state index < -0.39 is 11.6 Å². The number of aryl methyl sites for hydroxylation is 1. The molecule has 2 rings (SSSR count). The number of nitrogens with zero attached hydrogens (tertiary/aromatic N) is 4. The molecule has 0 aliphatic heterocycles. The van der Waals surface area contributed by atoms with Gasteiger partial charge in [-0.25, -0.2) is 8.78 Å². The number of benzene rings is 1. The Balaban J connectivity index is 2.19. The summed E-state index contributed by atoms with van der Waals surface area (Å²) in [6.45, 7) is 0. The fourth-order valence-electron chi connectivity index (χ4n) is 1.70. The number of likely N-dealkylation sites (N-methyl/N-ethyl adjacent to an activating group) is 1. The van der Waals surface area contributed by atoms with Gasteiger partial charge in [0.25, 0.3) is 0 Å². The molecule has 1 heterocycles. The summed E-state index contributed by atoms with van der Waals surface area (Å²) in [5.74, 6) is -1.17. The van der Waals surface area contributed by atoms with Crippen LogP contribution < -0.4 is 5.32 Å². The van der Waals surface area contributed by atoms with E-state index in [1.165, 1.54) is 16.9 Å². The Morgan fingerprint density at radius 3 is 2.67 bits per heavy atom. The highest BCUT2D eigenvalue weighted by Gasteiger charge is 2.15. The lowest BCUT2D eigenvalue weighted by atomic mass is 10.0. The third-order valence-corrected chi connectivity index (χ3v) is 2.63. The van der Waals surface area contributed by atoms with Gasteiger partial charge in [-0.1, -0.05) is 6.07 Å². The Morgan fingerprint density at radius 1 is 1.33 bits per heavy atom. The second kappa shape index (κ2) is 5.18. The predicted octanol–water partition coefficient (Wildman–Crippen LogP) is 0.991. The van der Waals surface area contributed by atoms with E-state index in [1.807, 2.05) is 0 Å². The summed E-state index contributed by atoms with van der Waals surface area (Å²) in [6, 6.07) is 3.63. The number of rotatable bonds is 4. The zero-order valence-corrected chi connectivity index (χ0v) is 10.1. The van der Waals surface area contributed by atoms with Crippen molar-refractivity contribution in [3.8, 4) is 0 Å². The molecular weight excluding hydrogens is 240 g/mol. The molecule has 0 spiro atoms. The molecular formula is C11H13F2N5. The van der Waals surface area contributed by atoms with Gasteiger partial charge in [-0.3, -0.25) is 0 Å². The molecule has 18 heavy (non-hydrogen) atoms. The lowest BCUT2D eigenvalue weighted by Gasteiger charge is -2.14. The van der Waals surface area contributed by atoms with Gasteiger partial charge in [-0.15, -0.1) is 10.2 Å². The number of halogens is 2. The summed E-state index contributed by atoms with van der Waals surface area (Å²) in [7, 11) is 3.41. The molecule has 96 valence electrons. The maximum Gasteiger partial charge on any atom is 0.176 e. The first kappa shape index (κ1) is 12.6. The molecule has 1 aromatic heterocycles. The molecule has 1 aromatic carbocycles. The number of aromatic nitrogens is 4. The van der Waals surface area contributed by atoms with Gasteiger partial charge in [-0.05, 0) is 30.0 Å². The minimum Gasteiger partial charge on any atom is -0.313 e. The number of nitrogens with one attached hydrogen (secondary N) is 1. The summed E-state index contributed by atoms with van der Waals surface area (Å²) in [6.07, 6.45) is 0.454. The molecule has 0 aliphatic rings. The highest BCUT2D eigenvalue weighted by Crippen LogP contribution is 2.18. The minimum atomic E-state index is -0.861. The van der Waals surface area contributed by atoms with Crippen LogP contribution in [0.5, 0.6) is 0 Å². The van der Waals surface area contributed by atoms with Crippen molar-refractivity contribution in [3.05, 3.63) is 41.2 Å². The van der Waals surface area contributed by atoms with Crippen molar-refractivity contribution in [1.82, 2.24) is 25.5 Å². The zero-order chi connectivity index (χ0) is 13.1. The van der Waals surface area contributed by atoms with Crippen molar-refractivity contribution in [2.24, 2.45) is 7.05 Å². The fourth-order valence-corrected chi connectivity index (χ4v) is 1.70. The molecule has 1 N–H and O–H groups in total. The third kappa shape index (κ3) is 2.67. The highest BCUT2D eigenvalue weighted by atomic mass is 19.2. The number of tetrazole rings is 1. The molecule has 5 nitrogen and oxygen atoms in total. The normalized spacial score (nSPS) is 12.7. The van der Waals surface area contributed by atoms with Gasteiger partial charge in [0.05, 0.1) is 7.05 Å². The van der Waals surface area contributed by atoms with Crippen LogP contribution in [-0.4, -0.2) is 27.3 Å². The van der Waals surface area contributed by atoms with E-state index >= 15 is 0 Å². The zero-order valence-electron chi connectivity index (χ0n) is 10.1. The Kier molecular flexibility index (Phi) is 3.61. The maximum absolute atomic E-state index is 13.2. The molecule has 2 aromatic rings. The molecule has 0 saturated heterocycles. The maximum atomic E-state index is 13.2. The van der Waals surface area contributed by atoms with Gasteiger partial charge in [0, 0.05) is 12.5 Å². The second-order valence-corrected chi connectivity index (χ2v) is 3.91. The third-order valence-electron chi connectivity index (χ3n) is 2.63. The van der Waals surface area contributed by atoms with Crippen molar-refractivity contribution in [2.75, 3.05) is 7.05 Å². The van der Waals surface area contributed by atoms with Crippen LogP contribution in [0.15, 0.2) is 18.2 Å². The Morgan fingerprint density at radius 2 is 2.11 bits per heavy atom. The van der Waals surface area contributed by atoms with Crippen LogP contribution in [0.1, 0.15) is 17.4 Å². The first-order chi connectivity index (χ1) is 8.60. The average molecular weight is 253 g/mol. The predicted molar refractivity (Wildman–Crippen MR) is 60.7 cm³/mol. The van der Waals surface area contributed by atoms with Crippen molar-refractivity contribution in [2.45, 2.75) is 12.5 Å². The van der Waals surface area contributed by atoms with Gasteiger partial charge in [0.15, 0.2) is 17.5 Å². The quantitative estimate of drug-likeness (QED) is 0.883. The van der Waals surface area contributed by atoms with Gasteiger partial charge in [-0.2, -0.15) is 4.80 Å². The second-order valence-electron chi connectivity index (χ2n) is 3.91. The van der Waals surface area contributed by atoms with E-state index in [4.69, 9.17) is 0 Å². The molecule has 0 amide bonds. The summed E-state index contributed by atoms with van der Waals surface area (Å²) < 4.78 is 26.0. The molecule has 7 heteroatoms. The van der Waals surface area contributed by atoms with Gasteiger partial charge in [0.1, 0.15) is 0 Å². The standard InChI is InChI=1S/C11H13F2N5/c1-14-10(6-11-15-17-18(2)16-11)7-3-4-8(12)9(13)5-7/h3-5,10,14H,6H2,1-2H3. The van der Waals surface area contributed by atoms with Crippen molar-refractivity contribution in [3.63, 3.8) is 0 Å². The van der Waals surface area contributed by atoms with Crippen LogP contribution in [0.4, 0.5) is 8.78 Å². The number of hydrogen-bond donors (Lipinski definition) is 1. The van der Waals surface area contributed by atoms with Gasteiger partial charge >= 0.3 is 0 Å². The lowest BCUT2D eigenvalue weighted by molar-refractivity contribution is 0.500. The topological polar surface area (TPSA) is 55.6 Å². The van der Waals surface area contributed by atoms with Crippen LogP contribution in [0.25, 0.3) is 0 Å². The van der Waals surface area contributed by atoms with E-state index in [0.717, 1.165) is 6.07 Å². The van der Waals surface area contributed by atoms with E-state index in [-0.39, 0.29) is 6.04 Å². The molecule has 0 saturated carbocycles. The molecule has 0 fully saturated rings. The van der Waals surface area contributed by atoms with Crippen LogP contribution in [-0.2, 0) is 13.5 Å². The summed E-state index contributed by atoms with van der Waals surface area (Å²) in [5.41, 5.74) is 0.642. The first-order valence-electron chi connectivity index (χ1n) is 5.45. The van der Waals surface area contributed by atoms with Crippen LogP contribution >= 0.6 is 0 Å². The van der Waals surface area contributed by atoms with Crippen molar-refractivity contribution in [1.29, 1.82) is 0 Å². The smallest absolute Gasteiger partial charge is 0.176 e. The minimum absolute atomic E-state index is 0.190. The Hall–Kier alpha value is -1.89. The lowest BCUT2D eigenvalue weighted by Crippen LogP contribution is -2.20. The van der Waals surface area contributed by atoms with E-state index in [1.54, 1.807) is 14.1 Å². The monoisotopic (exact) mass is 253 g/mol. The summed E-state index contributed by atoms with van der Waals surface area (Å²) in [4.78, 5) is 1.35. The molecule has 1 unspecified atom stereocenters. The first-order valence-corrected chi connectivity index (χ1v) is 5.45. The molecule has 1 atom stereocenters. The largest absolute Gasteiger partial charge is 0.313 e. The van der Waals surface area contributed by atoms with E-state index in [0.29, 0.717) is 17.8 Å². The summed E-state index contributed by atoms with van der Waals surface area (Å²) >= 11 is 0. The van der Waals surface area contributed by atoms with Crippen LogP contribution in [0, 0.1) is 11.6 Å². The average Bonchev–Trinajstić information content (AvgIpc) is 2.75. The fraction of sp³-hybridized carbons (Fsp3) is 0.364.